The molecule has 1 unspecified atom stereocenters. The lowest BCUT2D eigenvalue weighted by atomic mass is 10.1. The summed E-state index contributed by atoms with van der Waals surface area (Å²) >= 11 is 1.87. The van der Waals surface area contributed by atoms with Gasteiger partial charge >= 0.3 is 0 Å². The molecular weight excluding hydrogens is 306 g/mol. The molecule has 1 rings (SSSR count). The lowest BCUT2D eigenvalue weighted by Gasteiger charge is -2.35. The molecule has 0 aliphatic carbocycles. The molecule has 1 fully saturated rings. The van der Waals surface area contributed by atoms with Crippen LogP contribution in [0.15, 0.2) is 4.99 Å². The minimum atomic E-state index is 0.224. The van der Waals surface area contributed by atoms with Crippen LogP contribution in [0.25, 0.3) is 0 Å². The second-order valence-corrected chi connectivity index (χ2v) is 8.62. The van der Waals surface area contributed by atoms with Gasteiger partial charge in [-0.25, -0.2) is 0 Å². The van der Waals surface area contributed by atoms with Gasteiger partial charge in [0, 0.05) is 57.6 Å². The first-order chi connectivity index (χ1) is 10.9. The monoisotopic (exact) mass is 343 g/mol. The van der Waals surface area contributed by atoms with Gasteiger partial charge < -0.3 is 20.4 Å². The van der Waals surface area contributed by atoms with Gasteiger partial charge in [0.25, 0.3) is 0 Å². The van der Waals surface area contributed by atoms with Crippen molar-refractivity contribution in [2.45, 2.75) is 32.4 Å². The fraction of sp³-hybridized carbons (Fsp3) is 0.941. The molecule has 0 aromatic heterocycles. The van der Waals surface area contributed by atoms with Crippen molar-refractivity contribution in [3.05, 3.63) is 0 Å². The minimum absolute atomic E-state index is 0.224. The maximum atomic E-state index is 4.33. The van der Waals surface area contributed by atoms with Crippen LogP contribution in [0, 0.1) is 5.92 Å². The van der Waals surface area contributed by atoms with Gasteiger partial charge in [-0.3, -0.25) is 4.99 Å². The number of aliphatic imine (C=N–C) groups is 1. The van der Waals surface area contributed by atoms with Gasteiger partial charge in [0.2, 0.25) is 0 Å². The number of hydrogen-bond acceptors (Lipinski definition) is 4. The van der Waals surface area contributed by atoms with Gasteiger partial charge in [-0.15, -0.1) is 0 Å². The molecule has 1 atom stereocenters. The van der Waals surface area contributed by atoms with E-state index in [1.54, 1.807) is 0 Å². The first-order valence-electron chi connectivity index (χ1n) is 8.84. The largest absolute Gasteiger partial charge is 0.356 e. The predicted octanol–water partition coefficient (Wildman–Crippen LogP) is 1.57. The van der Waals surface area contributed by atoms with Gasteiger partial charge in [-0.2, -0.15) is 11.8 Å². The molecule has 6 heteroatoms. The van der Waals surface area contributed by atoms with Gasteiger partial charge in [0.05, 0.1) is 0 Å². The smallest absolute Gasteiger partial charge is 0.191 e. The Bertz CT molecular complexity index is 351. The molecule has 0 aromatic rings. The SMILES string of the molecule is CCN1CCN(CC(C)CNC(=NC)NCC(C)(C)SC)CC1. The van der Waals surface area contributed by atoms with Crippen molar-refractivity contribution >= 4 is 17.7 Å². The summed E-state index contributed by atoms with van der Waals surface area (Å²) in [5.41, 5.74) is 0. The average Bonchev–Trinajstić information content (AvgIpc) is 2.55. The van der Waals surface area contributed by atoms with Gasteiger partial charge in [-0.1, -0.05) is 13.8 Å². The second-order valence-electron chi connectivity index (χ2n) is 7.11. The Morgan fingerprint density at radius 1 is 1.17 bits per heavy atom. The lowest BCUT2D eigenvalue weighted by molar-refractivity contribution is 0.124. The molecule has 1 heterocycles. The zero-order valence-corrected chi connectivity index (χ0v) is 16.8. The van der Waals surface area contributed by atoms with E-state index < -0.39 is 0 Å². The highest BCUT2D eigenvalue weighted by molar-refractivity contribution is 7.99. The van der Waals surface area contributed by atoms with Crippen LogP contribution in [-0.2, 0) is 0 Å². The molecule has 0 bridgehead atoms. The summed E-state index contributed by atoms with van der Waals surface area (Å²) in [4.78, 5) is 9.45. The standard InChI is InChI=1S/C17H37N5S/c1-7-21-8-10-22(11-9-21)13-15(2)12-19-16(18-5)20-14-17(3,4)23-6/h15H,7-14H2,1-6H3,(H2,18,19,20). The van der Waals surface area contributed by atoms with Crippen LogP contribution in [0.4, 0.5) is 0 Å². The third kappa shape index (κ3) is 8.27. The maximum absolute atomic E-state index is 4.33. The zero-order chi connectivity index (χ0) is 17.3. The van der Waals surface area contributed by atoms with Gasteiger partial charge in [-0.05, 0) is 32.6 Å². The molecule has 1 saturated heterocycles. The molecule has 1 aliphatic rings. The first kappa shape index (κ1) is 20.6. The van der Waals surface area contributed by atoms with Crippen LogP contribution in [0.1, 0.15) is 27.7 Å². The Balaban J connectivity index is 2.24. The van der Waals surface area contributed by atoms with Crippen LogP contribution in [0.5, 0.6) is 0 Å². The molecule has 0 saturated carbocycles. The van der Waals surface area contributed by atoms with Crippen molar-refractivity contribution in [3.8, 4) is 0 Å². The fourth-order valence-electron chi connectivity index (χ4n) is 2.65. The Morgan fingerprint density at radius 3 is 2.30 bits per heavy atom. The predicted molar refractivity (Wildman–Crippen MR) is 105 cm³/mol. The number of nitrogens with zero attached hydrogens (tertiary/aromatic N) is 3. The van der Waals surface area contributed by atoms with Crippen LogP contribution < -0.4 is 10.6 Å². The maximum Gasteiger partial charge on any atom is 0.191 e. The summed E-state index contributed by atoms with van der Waals surface area (Å²) in [6.07, 6.45) is 2.15. The van der Waals surface area contributed by atoms with E-state index in [0.717, 1.165) is 25.6 Å². The van der Waals surface area contributed by atoms with Crippen molar-refractivity contribution in [3.63, 3.8) is 0 Å². The third-order valence-electron chi connectivity index (χ3n) is 4.56. The van der Waals surface area contributed by atoms with E-state index in [0.29, 0.717) is 5.92 Å². The minimum Gasteiger partial charge on any atom is -0.356 e. The number of thioether (sulfide) groups is 1. The Morgan fingerprint density at radius 2 is 1.78 bits per heavy atom. The molecular formula is C17H37N5S. The molecule has 136 valence electrons. The third-order valence-corrected chi connectivity index (χ3v) is 5.81. The molecule has 1 aliphatic heterocycles. The summed E-state index contributed by atoms with van der Waals surface area (Å²) in [7, 11) is 1.84. The quantitative estimate of drug-likeness (QED) is 0.517. The van der Waals surface area contributed by atoms with E-state index >= 15 is 0 Å². The van der Waals surface area contributed by atoms with Crippen molar-refractivity contribution in [2.75, 3.05) is 65.7 Å². The van der Waals surface area contributed by atoms with Crippen molar-refractivity contribution in [1.29, 1.82) is 0 Å². The molecule has 0 amide bonds. The van der Waals surface area contributed by atoms with E-state index in [2.05, 4.69) is 59.4 Å². The van der Waals surface area contributed by atoms with E-state index in [9.17, 15) is 0 Å². The number of piperazine rings is 1. The van der Waals surface area contributed by atoms with Crippen LogP contribution in [-0.4, -0.2) is 86.2 Å². The number of hydrogen-bond donors (Lipinski definition) is 2. The molecule has 0 spiro atoms. The zero-order valence-electron chi connectivity index (χ0n) is 16.0. The Kier molecular flexibility index (Phi) is 9.32. The van der Waals surface area contributed by atoms with E-state index in [1.165, 1.54) is 32.7 Å². The van der Waals surface area contributed by atoms with Gasteiger partial charge in [0.1, 0.15) is 0 Å². The van der Waals surface area contributed by atoms with Crippen LogP contribution in [0.2, 0.25) is 0 Å². The highest BCUT2D eigenvalue weighted by Gasteiger charge is 2.18. The molecule has 5 nitrogen and oxygen atoms in total. The van der Waals surface area contributed by atoms with Crippen molar-refractivity contribution in [1.82, 2.24) is 20.4 Å². The summed E-state index contributed by atoms with van der Waals surface area (Å²) in [5.74, 6) is 1.53. The Labute approximate surface area is 147 Å². The van der Waals surface area contributed by atoms with Crippen LogP contribution in [0.3, 0.4) is 0 Å². The summed E-state index contributed by atoms with van der Waals surface area (Å²) in [6.45, 7) is 18.1. The normalized spacial score (nSPS) is 19.7. The van der Waals surface area contributed by atoms with E-state index in [4.69, 9.17) is 0 Å². The Hall–Kier alpha value is -0.460. The summed E-state index contributed by atoms with van der Waals surface area (Å²) < 4.78 is 0.224. The summed E-state index contributed by atoms with van der Waals surface area (Å²) in [5, 5.41) is 6.90. The summed E-state index contributed by atoms with van der Waals surface area (Å²) in [6, 6.07) is 0. The van der Waals surface area contributed by atoms with Crippen molar-refractivity contribution < 1.29 is 0 Å². The van der Waals surface area contributed by atoms with Crippen molar-refractivity contribution in [2.24, 2.45) is 10.9 Å². The molecule has 0 radical (unpaired) electrons. The molecule has 23 heavy (non-hydrogen) atoms. The fourth-order valence-corrected chi connectivity index (χ4v) is 2.87. The molecule has 0 aromatic carbocycles. The average molecular weight is 344 g/mol. The second kappa shape index (κ2) is 10.4. The molecule has 2 N–H and O–H groups in total. The van der Waals surface area contributed by atoms with E-state index in [1.807, 2.05) is 18.8 Å². The van der Waals surface area contributed by atoms with E-state index in [-0.39, 0.29) is 4.75 Å². The highest BCUT2D eigenvalue weighted by atomic mass is 32.2. The topological polar surface area (TPSA) is 42.9 Å². The first-order valence-corrected chi connectivity index (χ1v) is 10.1. The van der Waals surface area contributed by atoms with Gasteiger partial charge in [0.15, 0.2) is 5.96 Å². The number of rotatable bonds is 8. The highest BCUT2D eigenvalue weighted by Crippen LogP contribution is 2.19. The number of guanidine groups is 1. The number of nitrogens with one attached hydrogen (secondary N) is 2. The lowest BCUT2D eigenvalue weighted by Crippen LogP contribution is -2.49. The number of likely N-dealkylation sites (N-methyl/N-ethyl adjacent to an activating group) is 1. The van der Waals surface area contributed by atoms with Crippen LogP contribution >= 0.6 is 11.8 Å².